The Morgan fingerprint density at radius 1 is 0.800 bits per heavy atom. The summed E-state index contributed by atoms with van der Waals surface area (Å²) in [4.78, 5) is 25.6. The third-order valence-corrected chi connectivity index (χ3v) is 4.38. The lowest BCUT2D eigenvalue weighted by atomic mass is 9.92. The van der Waals surface area contributed by atoms with Crippen LogP contribution in [-0.4, -0.2) is 16.7 Å². The van der Waals surface area contributed by atoms with Crippen molar-refractivity contribution in [3.63, 3.8) is 0 Å². The number of hydrogen-bond acceptors (Lipinski definition) is 3. The monoisotopic (exact) mass is 394 g/mol. The van der Waals surface area contributed by atoms with Crippen molar-refractivity contribution < 1.29 is 14.7 Å². The van der Waals surface area contributed by atoms with Crippen molar-refractivity contribution in [1.29, 1.82) is 0 Å². The Kier molecular flexibility index (Phi) is 5.22. The zero-order chi connectivity index (χ0) is 17.8. The molecule has 3 nitrogen and oxygen atoms in total. The van der Waals surface area contributed by atoms with Gasteiger partial charge >= 0.3 is 0 Å². The van der Waals surface area contributed by atoms with Crippen LogP contribution in [0.4, 0.5) is 0 Å². The van der Waals surface area contributed by atoms with Crippen LogP contribution in [0.25, 0.3) is 0 Å². The van der Waals surface area contributed by atoms with E-state index in [0.717, 1.165) is 0 Å². The Morgan fingerprint density at radius 2 is 1.40 bits per heavy atom. The molecule has 124 valence electrons. The van der Waals surface area contributed by atoms with Gasteiger partial charge in [-0.25, -0.2) is 0 Å². The van der Waals surface area contributed by atoms with E-state index in [4.69, 9.17) is 0 Å². The summed E-state index contributed by atoms with van der Waals surface area (Å²) in [6.45, 7) is 0. The molecule has 0 bridgehead atoms. The van der Waals surface area contributed by atoms with Crippen molar-refractivity contribution in [2.24, 2.45) is 0 Å². The van der Waals surface area contributed by atoms with Crippen LogP contribution >= 0.6 is 15.9 Å². The van der Waals surface area contributed by atoms with E-state index in [0.29, 0.717) is 15.6 Å². The van der Waals surface area contributed by atoms with Crippen LogP contribution in [0, 0.1) is 0 Å². The van der Waals surface area contributed by atoms with E-state index in [1.165, 1.54) is 0 Å². The molecular formula is C21H15BrO3. The lowest BCUT2D eigenvalue weighted by molar-refractivity contribution is 0.0744. The molecule has 0 aliphatic heterocycles. The molecule has 3 aromatic carbocycles. The molecule has 1 N–H and O–H groups in total. The summed E-state index contributed by atoms with van der Waals surface area (Å²) in [7, 11) is 0. The predicted molar refractivity (Wildman–Crippen MR) is 99.7 cm³/mol. The molecule has 25 heavy (non-hydrogen) atoms. The molecule has 0 saturated heterocycles. The largest absolute Gasteiger partial charge is 0.380 e. The van der Waals surface area contributed by atoms with Gasteiger partial charge in [0, 0.05) is 21.2 Å². The van der Waals surface area contributed by atoms with Crippen LogP contribution in [0.2, 0.25) is 0 Å². The summed E-state index contributed by atoms with van der Waals surface area (Å²) in [5.41, 5.74) is 1.45. The summed E-state index contributed by atoms with van der Waals surface area (Å²) in [5, 5.41) is 10.4. The van der Waals surface area contributed by atoms with Gasteiger partial charge in [0.15, 0.2) is 11.6 Å². The lowest BCUT2D eigenvalue weighted by Crippen LogP contribution is -2.17. The Hall–Kier alpha value is -2.56. The Morgan fingerprint density at radius 3 is 2.04 bits per heavy atom. The number of ketones is 2. The first-order valence-electron chi connectivity index (χ1n) is 7.74. The van der Waals surface area contributed by atoms with Gasteiger partial charge in [0.25, 0.3) is 0 Å². The van der Waals surface area contributed by atoms with Gasteiger partial charge in [0.2, 0.25) is 0 Å². The highest BCUT2D eigenvalue weighted by Crippen LogP contribution is 2.25. The number of Topliss-reactive ketones (excluding diaryl/α,β-unsaturated/α-hetero) is 1. The highest BCUT2D eigenvalue weighted by Gasteiger charge is 2.24. The molecular weight excluding hydrogens is 380 g/mol. The molecule has 0 saturated carbocycles. The topological polar surface area (TPSA) is 54.4 Å². The van der Waals surface area contributed by atoms with Gasteiger partial charge in [-0.3, -0.25) is 9.59 Å². The molecule has 1 unspecified atom stereocenters. The zero-order valence-electron chi connectivity index (χ0n) is 13.2. The summed E-state index contributed by atoms with van der Waals surface area (Å²) in [6, 6.07) is 22.3. The number of aliphatic hydroxyl groups is 1. The van der Waals surface area contributed by atoms with Crippen LogP contribution in [0.15, 0.2) is 83.3 Å². The van der Waals surface area contributed by atoms with Crippen molar-refractivity contribution in [2.45, 2.75) is 6.10 Å². The van der Waals surface area contributed by atoms with E-state index < -0.39 is 11.9 Å². The Labute approximate surface area is 154 Å². The normalized spacial score (nSPS) is 11.8. The highest BCUT2D eigenvalue weighted by atomic mass is 79.9. The van der Waals surface area contributed by atoms with E-state index in [9.17, 15) is 14.7 Å². The summed E-state index contributed by atoms with van der Waals surface area (Å²) >= 11 is 3.34. The quantitative estimate of drug-likeness (QED) is 0.643. The molecule has 0 amide bonds. The zero-order valence-corrected chi connectivity index (χ0v) is 14.8. The molecule has 3 rings (SSSR count). The van der Waals surface area contributed by atoms with E-state index in [1.807, 2.05) is 12.1 Å². The van der Waals surface area contributed by atoms with Crippen LogP contribution in [0.5, 0.6) is 0 Å². The van der Waals surface area contributed by atoms with Crippen molar-refractivity contribution in [2.75, 3.05) is 0 Å². The molecule has 4 heteroatoms. The number of hydrogen-bond donors (Lipinski definition) is 1. The molecule has 0 aliphatic rings. The third-order valence-electron chi connectivity index (χ3n) is 3.89. The minimum absolute atomic E-state index is 0.202. The Balaban J connectivity index is 2.02. The fraction of sp³-hybridized carbons (Fsp3) is 0.0476. The molecule has 0 radical (unpaired) electrons. The average molecular weight is 395 g/mol. The molecule has 0 fully saturated rings. The van der Waals surface area contributed by atoms with Crippen molar-refractivity contribution in [3.05, 3.63) is 106 Å². The SMILES string of the molecule is O=C(c1ccccc1)c1cc(Br)ccc1C(=O)C(O)c1ccccc1. The number of benzene rings is 3. The number of carbonyl (C=O) groups is 2. The van der Waals surface area contributed by atoms with Crippen LogP contribution in [0.1, 0.15) is 37.9 Å². The minimum atomic E-state index is -1.32. The maximum absolute atomic E-state index is 12.8. The predicted octanol–water partition coefficient (Wildman–Crippen LogP) is 4.60. The van der Waals surface area contributed by atoms with E-state index in [1.54, 1.807) is 66.7 Å². The van der Waals surface area contributed by atoms with Gasteiger partial charge < -0.3 is 5.11 Å². The first-order valence-corrected chi connectivity index (χ1v) is 8.54. The van der Waals surface area contributed by atoms with Gasteiger partial charge in [0.1, 0.15) is 6.10 Å². The first kappa shape index (κ1) is 17.3. The average Bonchev–Trinajstić information content (AvgIpc) is 2.67. The van der Waals surface area contributed by atoms with E-state index in [-0.39, 0.29) is 16.9 Å². The number of carbonyl (C=O) groups excluding carboxylic acids is 2. The van der Waals surface area contributed by atoms with Gasteiger partial charge in [-0.05, 0) is 23.8 Å². The maximum Gasteiger partial charge on any atom is 0.196 e. The van der Waals surface area contributed by atoms with Crippen molar-refractivity contribution in [3.8, 4) is 0 Å². The van der Waals surface area contributed by atoms with Crippen molar-refractivity contribution >= 4 is 27.5 Å². The van der Waals surface area contributed by atoms with Gasteiger partial charge in [-0.2, -0.15) is 0 Å². The molecule has 0 aromatic heterocycles. The smallest absolute Gasteiger partial charge is 0.196 e. The number of halogens is 1. The second-order valence-electron chi connectivity index (χ2n) is 5.56. The van der Waals surface area contributed by atoms with Crippen LogP contribution in [-0.2, 0) is 0 Å². The van der Waals surface area contributed by atoms with Gasteiger partial charge in [-0.1, -0.05) is 76.6 Å². The molecule has 0 spiro atoms. The number of aliphatic hydroxyl groups excluding tert-OH is 1. The lowest BCUT2D eigenvalue weighted by Gasteiger charge is -2.13. The molecule has 0 aliphatic carbocycles. The molecule has 0 heterocycles. The summed E-state index contributed by atoms with van der Waals surface area (Å²) in [5.74, 6) is -0.761. The fourth-order valence-electron chi connectivity index (χ4n) is 2.60. The van der Waals surface area contributed by atoms with Crippen LogP contribution in [0.3, 0.4) is 0 Å². The Bertz CT molecular complexity index is 905. The molecule has 1 atom stereocenters. The summed E-state index contributed by atoms with van der Waals surface area (Å²) < 4.78 is 0.692. The van der Waals surface area contributed by atoms with Gasteiger partial charge in [0.05, 0.1) is 0 Å². The van der Waals surface area contributed by atoms with Crippen LogP contribution < -0.4 is 0 Å². The van der Waals surface area contributed by atoms with Crippen molar-refractivity contribution in [1.82, 2.24) is 0 Å². The minimum Gasteiger partial charge on any atom is -0.380 e. The second-order valence-corrected chi connectivity index (χ2v) is 6.48. The summed E-state index contributed by atoms with van der Waals surface area (Å²) in [6.07, 6.45) is -1.32. The first-order chi connectivity index (χ1) is 12.1. The number of rotatable bonds is 5. The van der Waals surface area contributed by atoms with E-state index >= 15 is 0 Å². The molecule has 3 aromatic rings. The third kappa shape index (κ3) is 3.76. The van der Waals surface area contributed by atoms with E-state index in [2.05, 4.69) is 15.9 Å². The maximum atomic E-state index is 12.8. The standard InChI is InChI=1S/C21H15BrO3/c22-16-11-12-17(21(25)20(24)15-9-5-2-6-10-15)18(13-16)19(23)14-7-3-1-4-8-14/h1-13,20,24H. The second kappa shape index (κ2) is 7.55. The van der Waals surface area contributed by atoms with Gasteiger partial charge in [-0.15, -0.1) is 0 Å². The fourth-order valence-corrected chi connectivity index (χ4v) is 2.96. The highest BCUT2D eigenvalue weighted by molar-refractivity contribution is 9.10.